The van der Waals surface area contributed by atoms with Gasteiger partial charge in [0.05, 0.1) is 11.6 Å². The van der Waals surface area contributed by atoms with Gasteiger partial charge in [0.15, 0.2) is 0 Å². The second kappa shape index (κ2) is 5.65. The monoisotopic (exact) mass is 384 g/mol. The van der Waals surface area contributed by atoms with Crippen LogP contribution in [0.2, 0.25) is 0 Å². The minimum Gasteiger partial charge on any atom is -0.318 e. The van der Waals surface area contributed by atoms with Gasteiger partial charge in [-0.2, -0.15) is 13.2 Å². The first-order valence-corrected chi connectivity index (χ1v) is 7.60. The zero-order valence-electron chi connectivity index (χ0n) is 11.7. The van der Waals surface area contributed by atoms with Gasteiger partial charge in [-0.1, -0.05) is 28.1 Å². The number of β-lactam (4-membered cyclic amide) rings is 1. The van der Waals surface area contributed by atoms with Crippen LogP contribution in [-0.2, 0) is 11.0 Å². The number of carbonyl (C=O) groups is 1. The lowest BCUT2D eigenvalue weighted by atomic mass is 9.88. The summed E-state index contributed by atoms with van der Waals surface area (Å²) in [6.45, 7) is 0. The lowest BCUT2D eigenvalue weighted by Crippen LogP contribution is -2.63. The van der Waals surface area contributed by atoms with Crippen molar-refractivity contribution < 1.29 is 18.0 Å². The maximum absolute atomic E-state index is 12.6. The first-order chi connectivity index (χ1) is 10.8. The van der Waals surface area contributed by atoms with Crippen molar-refractivity contribution in [2.24, 2.45) is 5.73 Å². The summed E-state index contributed by atoms with van der Waals surface area (Å²) in [5, 5.41) is 0. The van der Waals surface area contributed by atoms with Gasteiger partial charge in [0, 0.05) is 10.2 Å². The van der Waals surface area contributed by atoms with Crippen molar-refractivity contribution in [2.75, 3.05) is 4.90 Å². The molecule has 1 aliphatic heterocycles. The molecule has 2 atom stereocenters. The number of anilines is 1. The van der Waals surface area contributed by atoms with Crippen LogP contribution < -0.4 is 10.6 Å². The topological polar surface area (TPSA) is 46.3 Å². The molecule has 1 heterocycles. The second-order valence-electron chi connectivity index (χ2n) is 5.28. The van der Waals surface area contributed by atoms with Crippen LogP contribution in [0, 0.1) is 0 Å². The van der Waals surface area contributed by atoms with Crippen molar-refractivity contribution in [3.63, 3.8) is 0 Å². The Morgan fingerprint density at radius 2 is 1.57 bits per heavy atom. The highest BCUT2D eigenvalue weighted by Crippen LogP contribution is 2.39. The zero-order chi connectivity index (χ0) is 16.8. The number of carbonyl (C=O) groups excluding carboxylic acids is 1. The van der Waals surface area contributed by atoms with Crippen LogP contribution in [0.15, 0.2) is 53.0 Å². The van der Waals surface area contributed by atoms with Crippen molar-refractivity contribution in [1.29, 1.82) is 0 Å². The SMILES string of the molecule is N[C@@H]1C(=O)N(c2ccc(Br)cc2)[C@H]1c1ccc(C(F)(F)F)cc1. The normalized spacial score (nSPS) is 21.3. The summed E-state index contributed by atoms with van der Waals surface area (Å²) in [6.07, 6.45) is -4.39. The van der Waals surface area contributed by atoms with Crippen LogP contribution in [0.5, 0.6) is 0 Å². The Hall–Kier alpha value is -1.86. The molecule has 0 spiro atoms. The van der Waals surface area contributed by atoms with Gasteiger partial charge in [-0.3, -0.25) is 4.79 Å². The highest BCUT2D eigenvalue weighted by molar-refractivity contribution is 9.10. The van der Waals surface area contributed by atoms with Crippen LogP contribution in [0.3, 0.4) is 0 Å². The fraction of sp³-hybridized carbons (Fsp3) is 0.188. The third-order valence-electron chi connectivity index (χ3n) is 3.83. The maximum atomic E-state index is 12.6. The van der Waals surface area contributed by atoms with Gasteiger partial charge >= 0.3 is 6.18 Å². The minimum absolute atomic E-state index is 0.253. The van der Waals surface area contributed by atoms with Gasteiger partial charge in [0.25, 0.3) is 0 Å². The van der Waals surface area contributed by atoms with Crippen molar-refractivity contribution in [1.82, 2.24) is 0 Å². The van der Waals surface area contributed by atoms with Crippen LogP contribution in [0.25, 0.3) is 0 Å². The van der Waals surface area contributed by atoms with Crippen molar-refractivity contribution >= 4 is 27.5 Å². The average molecular weight is 385 g/mol. The number of hydrogen-bond acceptors (Lipinski definition) is 2. The third kappa shape index (κ3) is 2.86. The summed E-state index contributed by atoms with van der Waals surface area (Å²) < 4.78 is 38.8. The summed E-state index contributed by atoms with van der Waals surface area (Å²) in [5.41, 5.74) is 6.36. The lowest BCUT2D eigenvalue weighted by Gasteiger charge is -2.45. The fourth-order valence-electron chi connectivity index (χ4n) is 2.63. The molecule has 0 aliphatic carbocycles. The standard InChI is InChI=1S/C16H12BrF3N2O/c17-11-5-7-12(8-6-11)22-14(13(21)15(22)23)9-1-3-10(4-2-9)16(18,19)20/h1-8,13-14H,21H2/t13-,14-/m0/s1. The van der Waals surface area contributed by atoms with Crippen molar-refractivity contribution in [3.05, 3.63) is 64.1 Å². The van der Waals surface area contributed by atoms with Crippen molar-refractivity contribution in [2.45, 2.75) is 18.3 Å². The Labute approximate surface area is 139 Å². The first kappa shape index (κ1) is 16.0. The molecule has 7 heteroatoms. The highest BCUT2D eigenvalue weighted by Gasteiger charge is 2.46. The molecule has 2 N–H and O–H groups in total. The molecule has 3 nitrogen and oxygen atoms in total. The molecular weight excluding hydrogens is 373 g/mol. The minimum atomic E-state index is -4.39. The molecular formula is C16H12BrF3N2O. The number of hydrogen-bond donors (Lipinski definition) is 1. The zero-order valence-corrected chi connectivity index (χ0v) is 13.3. The molecule has 0 unspecified atom stereocenters. The Balaban J connectivity index is 1.91. The van der Waals surface area contributed by atoms with E-state index >= 15 is 0 Å². The van der Waals surface area contributed by atoms with Gasteiger partial charge in [0.2, 0.25) is 5.91 Å². The van der Waals surface area contributed by atoms with Crippen LogP contribution in [-0.4, -0.2) is 11.9 Å². The van der Waals surface area contributed by atoms with Crippen LogP contribution in [0.4, 0.5) is 18.9 Å². The molecule has 0 saturated carbocycles. The van der Waals surface area contributed by atoms with E-state index in [1.54, 1.807) is 24.3 Å². The summed E-state index contributed by atoms with van der Waals surface area (Å²) >= 11 is 3.31. The number of amides is 1. The van der Waals surface area contributed by atoms with Crippen LogP contribution >= 0.6 is 15.9 Å². The van der Waals surface area contributed by atoms with E-state index in [1.807, 2.05) is 0 Å². The number of benzene rings is 2. The Bertz CT molecular complexity index is 728. The molecule has 1 saturated heterocycles. The quantitative estimate of drug-likeness (QED) is 0.798. The third-order valence-corrected chi connectivity index (χ3v) is 4.35. The Morgan fingerprint density at radius 1 is 1.00 bits per heavy atom. The van der Waals surface area contributed by atoms with E-state index in [1.165, 1.54) is 17.0 Å². The number of rotatable bonds is 2. The van der Waals surface area contributed by atoms with Gasteiger partial charge in [-0.15, -0.1) is 0 Å². The summed E-state index contributed by atoms with van der Waals surface area (Å²) in [6, 6.07) is 10.6. The smallest absolute Gasteiger partial charge is 0.318 e. The molecule has 2 aromatic rings. The maximum Gasteiger partial charge on any atom is 0.416 e. The summed E-state index contributed by atoms with van der Waals surface area (Å²) in [4.78, 5) is 13.6. The number of halogens is 4. The van der Waals surface area contributed by atoms with E-state index in [0.29, 0.717) is 11.3 Å². The van der Waals surface area contributed by atoms with E-state index in [9.17, 15) is 18.0 Å². The highest BCUT2D eigenvalue weighted by atomic mass is 79.9. The molecule has 1 aliphatic rings. The molecule has 23 heavy (non-hydrogen) atoms. The van der Waals surface area contributed by atoms with E-state index < -0.39 is 23.8 Å². The summed E-state index contributed by atoms with van der Waals surface area (Å²) in [5.74, 6) is -0.253. The Kier molecular flexibility index (Phi) is 3.93. The predicted molar refractivity (Wildman–Crippen MR) is 83.8 cm³/mol. The van der Waals surface area contributed by atoms with E-state index in [0.717, 1.165) is 16.6 Å². The van der Waals surface area contributed by atoms with E-state index in [-0.39, 0.29) is 5.91 Å². The largest absolute Gasteiger partial charge is 0.416 e. The number of nitrogens with two attached hydrogens (primary N) is 1. The molecule has 120 valence electrons. The molecule has 0 aromatic heterocycles. The van der Waals surface area contributed by atoms with Crippen molar-refractivity contribution in [3.8, 4) is 0 Å². The lowest BCUT2D eigenvalue weighted by molar-refractivity contribution is -0.137. The van der Waals surface area contributed by atoms with Gasteiger partial charge < -0.3 is 10.6 Å². The van der Waals surface area contributed by atoms with Crippen LogP contribution in [0.1, 0.15) is 17.2 Å². The van der Waals surface area contributed by atoms with Gasteiger partial charge in [-0.25, -0.2) is 0 Å². The molecule has 1 fully saturated rings. The van der Waals surface area contributed by atoms with E-state index in [2.05, 4.69) is 15.9 Å². The van der Waals surface area contributed by atoms with E-state index in [4.69, 9.17) is 5.73 Å². The summed E-state index contributed by atoms with van der Waals surface area (Å²) in [7, 11) is 0. The Morgan fingerprint density at radius 3 is 2.09 bits per heavy atom. The predicted octanol–water partition coefficient (Wildman–Crippen LogP) is 3.88. The molecule has 0 bridgehead atoms. The first-order valence-electron chi connectivity index (χ1n) is 6.80. The molecule has 1 amide bonds. The molecule has 0 radical (unpaired) electrons. The molecule has 2 aromatic carbocycles. The number of alkyl halides is 3. The second-order valence-corrected chi connectivity index (χ2v) is 6.19. The fourth-order valence-corrected chi connectivity index (χ4v) is 2.89. The van der Waals surface area contributed by atoms with Gasteiger partial charge in [0.1, 0.15) is 6.04 Å². The number of nitrogens with zero attached hydrogens (tertiary/aromatic N) is 1. The average Bonchev–Trinajstić information content (AvgIpc) is 2.52. The van der Waals surface area contributed by atoms with Gasteiger partial charge in [-0.05, 0) is 42.0 Å². The molecule has 3 rings (SSSR count).